The molecule has 4 aromatic rings. The number of anilines is 1. The molecule has 1 aliphatic heterocycles. The van der Waals surface area contributed by atoms with E-state index in [1.807, 2.05) is 36.1 Å². The van der Waals surface area contributed by atoms with Gasteiger partial charge in [-0.05, 0) is 67.8 Å². The van der Waals surface area contributed by atoms with Gasteiger partial charge in [0.1, 0.15) is 5.82 Å². The summed E-state index contributed by atoms with van der Waals surface area (Å²) in [4.78, 5) is 31.8. The van der Waals surface area contributed by atoms with Gasteiger partial charge in [0.15, 0.2) is 0 Å². The molecule has 0 atom stereocenters. The summed E-state index contributed by atoms with van der Waals surface area (Å²) in [6.45, 7) is 3.21. The molecule has 8 heteroatoms. The fourth-order valence-electron chi connectivity index (χ4n) is 4.34. The van der Waals surface area contributed by atoms with Gasteiger partial charge >= 0.3 is 0 Å². The van der Waals surface area contributed by atoms with Crippen molar-refractivity contribution >= 4 is 17.5 Å². The number of aryl methyl sites for hydroxylation is 1. The first-order valence-electron chi connectivity index (χ1n) is 11.8. The maximum Gasteiger partial charge on any atom is 0.255 e. The second-order valence-electron chi connectivity index (χ2n) is 8.88. The Hall–Kier alpha value is -4.33. The number of hydrogen-bond acceptors (Lipinski definition) is 5. The molecule has 1 saturated heterocycles. The Labute approximate surface area is 207 Å². The zero-order valence-corrected chi connectivity index (χ0v) is 19.8. The number of piperidine rings is 1. The highest BCUT2D eigenvalue weighted by molar-refractivity contribution is 6.04. The lowest BCUT2D eigenvalue weighted by Gasteiger charge is -2.30. The molecule has 1 aliphatic rings. The van der Waals surface area contributed by atoms with E-state index in [-0.39, 0.29) is 23.5 Å². The number of nitrogens with zero attached hydrogens (tertiary/aromatic N) is 3. The van der Waals surface area contributed by atoms with Crippen LogP contribution in [0.1, 0.15) is 50.9 Å². The first-order valence-corrected chi connectivity index (χ1v) is 11.8. The maximum absolute atomic E-state index is 13.1. The molecule has 0 spiro atoms. The van der Waals surface area contributed by atoms with Gasteiger partial charge in [-0.3, -0.25) is 9.59 Å². The first-order chi connectivity index (χ1) is 17.5. The number of carbonyl (C=O) groups is 2. The van der Waals surface area contributed by atoms with E-state index in [4.69, 9.17) is 4.52 Å². The van der Waals surface area contributed by atoms with Crippen molar-refractivity contribution in [2.45, 2.75) is 25.7 Å². The van der Waals surface area contributed by atoms with Crippen molar-refractivity contribution in [3.63, 3.8) is 0 Å². The summed E-state index contributed by atoms with van der Waals surface area (Å²) in [7, 11) is 0. The molecule has 2 heterocycles. The van der Waals surface area contributed by atoms with Crippen LogP contribution in [0.15, 0.2) is 77.3 Å². The monoisotopic (exact) mass is 484 g/mol. The highest BCUT2D eigenvalue weighted by Gasteiger charge is 2.28. The summed E-state index contributed by atoms with van der Waals surface area (Å²) >= 11 is 0. The number of amides is 2. The molecule has 0 bridgehead atoms. The van der Waals surface area contributed by atoms with Crippen LogP contribution in [-0.2, 0) is 0 Å². The number of likely N-dealkylation sites (tertiary alicyclic amines) is 1. The average molecular weight is 485 g/mol. The standard InChI is InChI=1S/C28H25FN4O3/c1-18-4-2-3-5-24(18)28(35)33-16-14-21(15-17-33)27-31-25(32-36-27)19-6-8-20(9-7-19)26(34)30-23-12-10-22(29)11-13-23/h2-13,21H,14-17H2,1H3,(H,30,34). The molecule has 0 unspecified atom stereocenters. The number of nitrogens with one attached hydrogen (secondary N) is 1. The first kappa shape index (κ1) is 23.4. The minimum Gasteiger partial charge on any atom is -0.339 e. The van der Waals surface area contributed by atoms with Crippen LogP contribution >= 0.6 is 0 Å². The summed E-state index contributed by atoms with van der Waals surface area (Å²) in [5, 5.41) is 6.86. The molecule has 5 rings (SSSR count). The van der Waals surface area contributed by atoms with Crippen molar-refractivity contribution in [2.75, 3.05) is 18.4 Å². The number of carbonyl (C=O) groups excluding carboxylic acids is 2. The molecule has 0 radical (unpaired) electrons. The Morgan fingerprint density at radius 3 is 2.36 bits per heavy atom. The fraction of sp³-hybridized carbons (Fsp3) is 0.214. The normalized spacial score (nSPS) is 14.0. The fourth-order valence-corrected chi connectivity index (χ4v) is 4.34. The smallest absolute Gasteiger partial charge is 0.255 e. The van der Waals surface area contributed by atoms with Gasteiger partial charge in [-0.15, -0.1) is 0 Å². The van der Waals surface area contributed by atoms with Gasteiger partial charge in [-0.2, -0.15) is 4.98 Å². The lowest BCUT2D eigenvalue weighted by molar-refractivity contribution is 0.0703. The third-order valence-electron chi connectivity index (χ3n) is 6.46. The molecule has 1 N–H and O–H groups in total. The van der Waals surface area contributed by atoms with Gasteiger partial charge in [-0.1, -0.05) is 35.5 Å². The average Bonchev–Trinajstić information content (AvgIpc) is 3.40. The van der Waals surface area contributed by atoms with Crippen molar-refractivity contribution < 1.29 is 18.5 Å². The zero-order chi connectivity index (χ0) is 25.1. The maximum atomic E-state index is 13.1. The molecular weight excluding hydrogens is 459 g/mol. The second-order valence-corrected chi connectivity index (χ2v) is 8.88. The predicted molar refractivity (Wildman–Crippen MR) is 133 cm³/mol. The molecule has 7 nitrogen and oxygen atoms in total. The molecule has 0 saturated carbocycles. The number of halogens is 1. The van der Waals surface area contributed by atoms with Crippen LogP contribution in [0.4, 0.5) is 10.1 Å². The van der Waals surface area contributed by atoms with E-state index in [2.05, 4.69) is 15.5 Å². The summed E-state index contributed by atoms with van der Waals surface area (Å²) in [6.07, 6.45) is 1.50. The van der Waals surface area contributed by atoms with Crippen LogP contribution < -0.4 is 5.32 Å². The van der Waals surface area contributed by atoms with E-state index in [1.54, 1.807) is 24.3 Å². The second kappa shape index (κ2) is 10.1. The van der Waals surface area contributed by atoms with Crippen LogP contribution in [0.5, 0.6) is 0 Å². The topological polar surface area (TPSA) is 88.3 Å². The molecule has 3 aromatic carbocycles. The largest absolute Gasteiger partial charge is 0.339 e. The Morgan fingerprint density at radius 2 is 1.67 bits per heavy atom. The van der Waals surface area contributed by atoms with Gasteiger partial charge < -0.3 is 14.7 Å². The van der Waals surface area contributed by atoms with E-state index in [1.165, 1.54) is 24.3 Å². The molecule has 2 amide bonds. The highest BCUT2D eigenvalue weighted by Crippen LogP contribution is 2.29. The van der Waals surface area contributed by atoms with Gasteiger partial charge in [0, 0.05) is 41.4 Å². The lowest BCUT2D eigenvalue weighted by atomic mass is 9.96. The number of aromatic nitrogens is 2. The number of rotatable bonds is 5. The van der Waals surface area contributed by atoms with Crippen LogP contribution in [0.2, 0.25) is 0 Å². The highest BCUT2D eigenvalue weighted by atomic mass is 19.1. The number of benzene rings is 3. The van der Waals surface area contributed by atoms with Gasteiger partial charge in [0.05, 0.1) is 0 Å². The minimum atomic E-state index is -0.363. The van der Waals surface area contributed by atoms with E-state index in [0.717, 1.165) is 29.5 Å². The molecule has 182 valence electrons. The van der Waals surface area contributed by atoms with Crippen LogP contribution in [0, 0.1) is 12.7 Å². The zero-order valence-electron chi connectivity index (χ0n) is 19.8. The molecule has 36 heavy (non-hydrogen) atoms. The Bertz CT molecular complexity index is 1370. The summed E-state index contributed by atoms with van der Waals surface area (Å²) in [6, 6.07) is 20.1. The van der Waals surface area contributed by atoms with Crippen molar-refractivity contribution in [2.24, 2.45) is 0 Å². The van der Waals surface area contributed by atoms with Crippen LogP contribution in [-0.4, -0.2) is 39.9 Å². The Balaban J connectivity index is 1.19. The van der Waals surface area contributed by atoms with Gasteiger partial charge in [0.2, 0.25) is 11.7 Å². The molecule has 1 fully saturated rings. The van der Waals surface area contributed by atoms with Crippen molar-refractivity contribution in [1.82, 2.24) is 15.0 Å². The minimum absolute atomic E-state index is 0.0568. The van der Waals surface area contributed by atoms with E-state index in [9.17, 15) is 14.0 Å². The van der Waals surface area contributed by atoms with Crippen molar-refractivity contribution in [1.29, 1.82) is 0 Å². The lowest BCUT2D eigenvalue weighted by Crippen LogP contribution is -2.38. The Morgan fingerprint density at radius 1 is 0.972 bits per heavy atom. The molecule has 0 aliphatic carbocycles. The summed E-state index contributed by atoms with van der Waals surface area (Å²) in [5.74, 6) is 0.501. The quantitative estimate of drug-likeness (QED) is 0.407. The predicted octanol–water partition coefficient (Wildman–Crippen LogP) is 5.46. The van der Waals surface area contributed by atoms with Crippen molar-refractivity contribution in [3.05, 3.63) is 101 Å². The third kappa shape index (κ3) is 5.02. The van der Waals surface area contributed by atoms with Gasteiger partial charge in [0.25, 0.3) is 11.8 Å². The van der Waals surface area contributed by atoms with E-state index in [0.29, 0.717) is 36.1 Å². The number of hydrogen-bond donors (Lipinski definition) is 1. The third-order valence-corrected chi connectivity index (χ3v) is 6.46. The van der Waals surface area contributed by atoms with Gasteiger partial charge in [-0.25, -0.2) is 4.39 Å². The molecule has 1 aromatic heterocycles. The van der Waals surface area contributed by atoms with E-state index >= 15 is 0 Å². The summed E-state index contributed by atoms with van der Waals surface area (Å²) < 4.78 is 18.6. The SMILES string of the molecule is Cc1ccccc1C(=O)N1CCC(c2nc(-c3ccc(C(=O)Nc4ccc(F)cc4)cc3)no2)CC1. The Kier molecular flexibility index (Phi) is 6.58. The van der Waals surface area contributed by atoms with Crippen LogP contribution in [0.25, 0.3) is 11.4 Å². The van der Waals surface area contributed by atoms with Crippen LogP contribution in [0.3, 0.4) is 0 Å². The van der Waals surface area contributed by atoms with E-state index < -0.39 is 0 Å². The summed E-state index contributed by atoms with van der Waals surface area (Å²) in [5.41, 5.74) is 3.42. The molecular formula is C28H25FN4O3. The van der Waals surface area contributed by atoms with Crippen molar-refractivity contribution in [3.8, 4) is 11.4 Å².